The van der Waals surface area contributed by atoms with Gasteiger partial charge in [-0.15, -0.1) is 0 Å². The number of benzene rings is 2. The molecule has 0 radical (unpaired) electrons. The van der Waals surface area contributed by atoms with Crippen molar-refractivity contribution in [1.29, 1.82) is 0 Å². The number of piperidine rings is 1. The number of anilines is 2. The lowest BCUT2D eigenvalue weighted by atomic mass is 9.98. The van der Waals surface area contributed by atoms with Crippen LogP contribution in [0.3, 0.4) is 0 Å². The summed E-state index contributed by atoms with van der Waals surface area (Å²) < 4.78 is 11.7. The molecule has 0 unspecified atom stereocenters. The summed E-state index contributed by atoms with van der Waals surface area (Å²) in [6, 6.07) is 15.6. The molecule has 1 aliphatic rings. The van der Waals surface area contributed by atoms with Gasteiger partial charge in [0.15, 0.2) is 0 Å². The summed E-state index contributed by atoms with van der Waals surface area (Å²) in [4.78, 5) is 2.51. The molecule has 2 aromatic carbocycles. The molecule has 0 spiro atoms. The largest absolute Gasteiger partial charge is 0.493 e. The SMILES string of the molecule is Nc1cccc(OCCCN2CCC(COc3ccccc3)CC2)c1N. The Hall–Kier alpha value is -2.40. The van der Waals surface area contributed by atoms with E-state index >= 15 is 0 Å². The average Bonchev–Trinajstić information content (AvgIpc) is 2.68. The lowest BCUT2D eigenvalue weighted by Gasteiger charge is -2.31. The van der Waals surface area contributed by atoms with Crippen LogP contribution in [0.2, 0.25) is 0 Å². The predicted octanol–water partition coefficient (Wildman–Crippen LogP) is 3.41. The molecule has 0 bridgehead atoms. The van der Waals surface area contributed by atoms with E-state index in [1.807, 2.05) is 42.5 Å². The minimum absolute atomic E-state index is 0.534. The van der Waals surface area contributed by atoms with E-state index in [1.54, 1.807) is 6.07 Å². The number of ether oxygens (including phenoxy) is 2. The van der Waals surface area contributed by atoms with Gasteiger partial charge in [0.1, 0.15) is 11.5 Å². The van der Waals surface area contributed by atoms with Crippen molar-refractivity contribution in [2.45, 2.75) is 19.3 Å². The Bertz CT molecular complexity index is 670. The first-order chi connectivity index (χ1) is 12.7. The van der Waals surface area contributed by atoms with E-state index in [-0.39, 0.29) is 0 Å². The van der Waals surface area contributed by atoms with Crippen molar-refractivity contribution in [3.8, 4) is 11.5 Å². The molecular weight excluding hydrogens is 326 g/mol. The molecule has 0 saturated carbocycles. The molecule has 0 amide bonds. The first-order valence-electron chi connectivity index (χ1n) is 9.39. The highest BCUT2D eigenvalue weighted by Gasteiger charge is 2.19. The lowest BCUT2D eigenvalue weighted by Crippen LogP contribution is -2.36. The van der Waals surface area contributed by atoms with Crippen LogP contribution in [0.4, 0.5) is 11.4 Å². The van der Waals surface area contributed by atoms with Gasteiger partial charge in [0.05, 0.1) is 24.6 Å². The number of nitrogens with two attached hydrogens (primary N) is 2. The number of para-hydroxylation sites is 2. The molecule has 140 valence electrons. The van der Waals surface area contributed by atoms with Gasteiger partial charge in [0, 0.05) is 6.54 Å². The van der Waals surface area contributed by atoms with Crippen molar-refractivity contribution in [1.82, 2.24) is 4.90 Å². The summed E-state index contributed by atoms with van der Waals surface area (Å²) in [7, 11) is 0. The number of nitrogens with zero attached hydrogens (tertiary/aromatic N) is 1. The summed E-state index contributed by atoms with van der Waals surface area (Å²) in [5.41, 5.74) is 12.8. The molecule has 2 aromatic rings. The molecule has 0 aromatic heterocycles. The Morgan fingerprint density at radius 2 is 1.69 bits per heavy atom. The van der Waals surface area contributed by atoms with Crippen LogP contribution in [0.25, 0.3) is 0 Å². The third-order valence-electron chi connectivity index (χ3n) is 4.91. The first-order valence-corrected chi connectivity index (χ1v) is 9.39. The fourth-order valence-corrected chi connectivity index (χ4v) is 3.26. The van der Waals surface area contributed by atoms with E-state index < -0.39 is 0 Å². The Labute approximate surface area is 155 Å². The van der Waals surface area contributed by atoms with Gasteiger partial charge in [-0.2, -0.15) is 0 Å². The van der Waals surface area contributed by atoms with Crippen LogP contribution in [-0.4, -0.2) is 37.7 Å². The first kappa shape index (κ1) is 18.4. The maximum atomic E-state index is 5.92. The molecule has 26 heavy (non-hydrogen) atoms. The van der Waals surface area contributed by atoms with Crippen molar-refractivity contribution < 1.29 is 9.47 Å². The summed E-state index contributed by atoms with van der Waals surface area (Å²) in [6.45, 7) is 4.78. The highest BCUT2D eigenvalue weighted by atomic mass is 16.5. The molecule has 1 aliphatic heterocycles. The maximum Gasteiger partial charge on any atom is 0.144 e. The second kappa shape index (κ2) is 9.34. The number of hydrogen-bond donors (Lipinski definition) is 2. The van der Waals surface area contributed by atoms with Gasteiger partial charge < -0.3 is 25.8 Å². The van der Waals surface area contributed by atoms with E-state index in [1.165, 1.54) is 12.8 Å². The third-order valence-corrected chi connectivity index (χ3v) is 4.91. The Morgan fingerprint density at radius 3 is 2.46 bits per heavy atom. The predicted molar refractivity (Wildman–Crippen MR) is 106 cm³/mol. The second-order valence-electron chi connectivity index (χ2n) is 6.87. The van der Waals surface area contributed by atoms with Crippen LogP contribution in [0.1, 0.15) is 19.3 Å². The molecular formula is C21H29N3O2. The van der Waals surface area contributed by atoms with E-state index in [0.29, 0.717) is 29.6 Å². The van der Waals surface area contributed by atoms with Crippen molar-refractivity contribution in [2.75, 3.05) is 44.3 Å². The summed E-state index contributed by atoms with van der Waals surface area (Å²) in [6.07, 6.45) is 3.37. The normalized spacial score (nSPS) is 15.7. The van der Waals surface area contributed by atoms with Gasteiger partial charge in [0.2, 0.25) is 0 Å². The van der Waals surface area contributed by atoms with Gasteiger partial charge >= 0.3 is 0 Å². The number of rotatable bonds is 8. The zero-order valence-corrected chi connectivity index (χ0v) is 15.3. The third kappa shape index (κ3) is 5.30. The minimum Gasteiger partial charge on any atom is -0.493 e. The zero-order chi connectivity index (χ0) is 18.2. The van der Waals surface area contributed by atoms with Crippen LogP contribution in [0.15, 0.2) is 48.5 Å². The molecule has 1 saturated heterocycles. The van der Waals surface area contributed by atoms with Crippen LogP contribution in [-0.2, 0) is 0 Å². The van der Waals surface area contributed by atoms with Gasteiger partial charge in [0.25, 0.3) is 0 Å². The molecule has 4 N–H and O–H groups in total. The van der Waals surface area contributed by atoms with Crippen LogP contribution in [0, 0.1) is 5.92 Å². The van der Waals surface area contributed by atoms with Crippen LogP contribution >= 0.6 is 0 Å². The minimum atomic E-state index is 0.534. The lowest BCUT2D eigenvalue weighted by molar-refractivity contribution is 0.135. The van der Waals surface area contributed by atoms with Gasteiger partial charge in [-0.3, -0.25) is 0 Å². The Kier molecular flexibility index (Phi) is 6.61. The highest BCUT2D eigenvalue weighted by molar-refractivity contribution is 5.70. The summed E-state index contributed by atoms with van der Waals surface area (Å²) >= 11 is 0. The fourth-order valence-electron chi connectivity index (χ4n) is 3.26. The van der Waals surface area contributed by atoms with Crippen molar-refractivity contribution in [3.05, 3.63) is 48.5 Å². The topological polar surface area (TPSA) is 73.7 Å². The summed E-state index contributed by atoms with van der Waals surface area (Å²) in [5.74, 6) is 2.30. The molecule has 5 heteroatoms. The molecule has 5 nitrogen and oxygen atoms in total. The van der Waals surface area contributed by atoms with E-state index in [9.17, 15) is 0 Å². The zero-order valence-electron chi connectivity index (χ0n) is 15.3. The van der Waals surface area contributed by atoms with Crippen molar-refractivity contribution in [3.63, 3.8) is 0 Å². The Morgan fingerprint density at radius 1 is 0.923 bits per heavy atom. The van der Waals surface area contributed by atoms with E-state index in [0.717, 1.165) is 38.4 Å². The molecule has 1 fully saturated rings. The highest BCUT2D eigenvalue weighted by Crippen LogP contribution is 2.27. The second-order valence-corrected chi connectivity index (χ2v) is 6.87. The fraction of sp³-hybridized carbons (Fsp3) is 0.429. The standard InChI is InChI=1S/C21H29N3O2/c22-19-8-4-9-20(21(19)23)25-15-5-12-24-13-10-17(11-14-24)16-26-18-6-2-1-3-7-18/h1-4,6-9,17H,5,10-16,22-23H2. The van der Waals surface area contributed by atoms with Crippen LogP contribution < -0.4 is 20.9 Å². The monoisotopic (exact) mass is 355 g/mol. The molecule has 0 aliphatic carbocycles. The number of hydrogen-bond acceptors (Lipinski definition) is 5. The smallest absolute Gasteiger partial charge is 0.144 e. The molecule has 1 heterocycles. The number of nitrogen functional groups attached to an aromatic ring is 2. The summed E-state index contributed by atoms with van der Waals surface area (Å²) in [5, 5.41) is 0. The van der Waals surface area contributed by atoms with E-state index in [4.69, 9.17) is 20.9 Å². The van der Waals surface area contributed by atoms with Crippen molar-refractivity contribution in [2.24, 2.45) is 5.92 Å². The molecule has 3 rings (SSSR count). The van der Waals surface area contributed by atoms with E-state index in [2.05, 4.69) is 4.90 Å². The van der Waals surface area contributed by atoms with Gasteiger partial charge in [-0.05, 0) is 62.5 Å². The number of likely N-dealkylation sites (tertiary alicyclic amines) is 1. The molecule has 0 atom stereocenters. The van der Waals surface area contributed by atoms with Gasteiger partial charge in [-0.25, -0.2) is 0 Å². The van der Waals surface area contributed by atoms with Crippen molar-refractivity contribution >= 4 is 11.4 Å². The van der Waals surface area contributed by atoms with Gasteiger partial charge in [-0.1, -0.05) is 24.3 Å². The Balaban J connectivity index is 1.30. The quantitative estimate of drug-likeness (QED) is 0.561. The maximum absolute atomic E-state index is 5.92. The average molecular weight is 355 g/mol. The van der Waals surface area contributed by atoms with Crippen LogP contribution in [0.5, 0.6) is 11.5 Å².